The summed E-state index contributed by atoms with van der Waals surface area (Å²) in [5, 5.41) is 2.66. The third-order valence-electron chi connectivity index (χ3n) is 3.11. The summed E-state index contributed by atoms with van der Waals surface area (Å²) in [7, 11) is 0. The molecule has 1 N–H and O–H groups in total. The number of carbonyl (C=O) groups excluding carboxylic acids is 2. The van der Waals surface area contributed by atoms with Gasteiger partial charge in [-0.2, -0.15) is 0 Å². The number of nitrogens with one attached hydrogen (secondary N) is 1. The summed E-state index contributed by atoms with van der Waals surface area (Å²) >= 11 is 0. The molecule has 0 saturated heterocycles. The number of ketones is 1. The van der Waals surface area contributed by atoms with Crippen molar-refractivity contribution in [3.8, 4) is 5.75 Å². The van der Waals surface area contributed by atoms with Crippen LogP contribution in [0.1, 0.15) is 22.8 Å². The molecule has 23 heavy (non-hydrogen) atoms. The molecule has 0 fully saturated rings. The molecule has 2 aromatic rings. The predicted molar refractivity (Wildman–Crippen MR) is 90.4 cm³/mol. The van der Waals surface area contributed by atoms with Crippen LogP contribution in [-0.4, -0.2) is 24.8 Å². The van der Waals surface area contributed by atoms with Gasteiger partial charge in [0.25, 0.3) is 5.91 Å². The van der Waals surface area contributed by atoms with E-state index in [4.69, 9.17) is 4.74 Å². The van der Waals surface area contributed by atoms with Crippen molar-refractivity contribution in [1.82, 2.24) is 5.32 Å². The quantitative estimate of drug-likeness (QED) is 0.631. The zero-order valence-corrected chi connectivity index (χ0v) is 13.0. The summed E-state index contributed by atoms with van der Waals surface area (Å²) in [6.07, 6.45) is 3.29. The zero-order chi connectivity index (χ0) is 16.5. The maximum absolute atomic E-state index is 12.0. The highest BCUT2D eigenvalue weighted by atomic mass is 16.5. The molecule has 2 aromatic carbocycles. The number of ether oxygens (including phenoxy) is 1. The number of hydrogen-bond acceptors (Lipinski definition) is 3. The molecule has 0 radical (unpaired) electrons. The summed E-state index contributed by atoms with van der Waals surface area (Å²) in [6.45, 7) is 2.44. The van der Waals surface area contributed by atoms with Gasteiger partial charge in [-0.1, -0.05) is 48.5 Å². The maximum atomic E-state index is 12.0. The second-order valence-electron chi connectivity index (χ2n) is 4.87. The van der Waals surface area contributed by atoms with Crippen LogP contribution in [0.5, 0.6) is 5.75 Å². The number of amides is 1. The number of benzene rings is 2. The van der Waals surface area contributed by atoms with E-state index >= 15 is 0 Å². The molecule has 0 aliphatic carbocycles. The first kappa shape index (κ1) is 16.5. The van der Waals surface area contributed by atoms with E-state index in [0.29, 0.717) is 17.9 Å². The Kier molecular flexibility index (Phi) is 6.12. The van der Waals surface area contributed by atoms with Crippen molar-refractivity contribution < 1.29 is 14.3 Å². The molecule has 2 rings (SSSR count). The average molecular weight is 309 g/mol. The monoisotopic (exact) mass is 309 g/mol. The van der Waals surface area contributed by atoms with E-state index in [1.54, 1.807) is 36.4 Å². The molecule has 118 valence electrons. The first-order chi connectivity index (χ1) is 11.2. The molecular weight excluding hydrogens is 290 g/mol. The largest absolute Gasteiger partial charge is 0.484 e. The molecule has 4 heteroatoms. The van der Waals surface area contributed by atoms with Crippen LogP contribution in [0, 0.1) is 0 Å². The molecule has 0 bridgehead atoms. The first-order valence-electron chi connectivity index (χ1n) is 7.46. The molecule has 0 atom stereocenters. The van der Waals surface area contributed by atoms with Crippen molar-refractivity contribution in [2.45, 2.75) is 6.92 Å². The molecule has 0 aliphatic heterocycles. The van der Waals surface area contributed by atoms with Gasteiger partial charge in [-0.3, -0.25) is 9.59 Å². The Morgan fingerprint density at radius 3 is 2.39 bits per heavy atom. The van der Waals surface area contributed by atoms with E-state index < -0.39 is 0 Å². The lowest BCUT2D eigenvalue weighted by Gasteiger charge is -2.06. The Morgan fingerprint density at radius 1 is 1.04 bits per heavy atom. The van der Waals surface area contributed by atoms with Gasteiger partial charge < -0.3 is 10.1 Å². The van der Waals surface area contributed by atoms with E-state index in [2.05, 4.69) is 5.32 Å². The van der Waals surface area contributed by atoms with Crippen LogP contribution in [0.3, 0.4) is 0 Å². The van der Waals surface area contributed by atoms with Gasteiger partial charge >= 0.3 is 0 Å². The summed E-state index contributed by atoms with van der Waals surface area (Å²) in [6, 6.07) is 16.3. The number of allylic oxidation sites excluding steroid dienone is 1. The highest BCUT2D eigenvalue weighted by Gasteiger charge is 2.01. The minimum absolute atomic E-state index is 0.00445. The Bertz CT molecular complexity index is 676. The fraction of sp³-hybridized carbons (Fsp3) is 0.158. The van der Waals surface area contributed by atoms with Gasteiger partial charge in [0.1, 0.15) is 5.75 Å². The van der Waals surface area contributed by atoms with Crippen LogP contribution >= 0.6 is 0 Å². The maximum Gasteiger partial charge on any atom is 0.257 e. The van der Waals surface area contributed by atoms with Gasteiger partial charge in [-0.05, 0) is 30.7 Å². The fourth-order valence-electron chi connectivity index (χ4n) is 1.94. The van der Waals surface area contributed by atoms with Crippen LogP contribution in [-0.2, 0) is 4.79 Å². The minimum Gasteiger partial charge on any atom is -0.484 e. The van der Waals surface area contributed by atoms with Crippen molar-refractivity contribution in [3.63, 3.8) is 0 Å². The first-order valence-corrected chi connectivity index (χ1v) is 7.46. The van der Waals surface area contributed by atoms with Crippen molar-refractivity contribution in [2.24, 2.45) is 0 Å². The van der Waals surface area contributed by atoms with Crippen LogP contribution in [0.25, 0.3) is 6.08 Å². The van der Waals surface area contributed by atoms with Gasteiger partial charge in [-0.25, -0.2) is 0 Å². The van der Waals surface area contributed by atoms with Crippen LogP contribution < -0.4 is 10.1 Å². The summed E-state index contributed by atoms with van der Waals surface area (Å²) in [4.78, 5) is 23.3. The molecule has 0 heterocycles. The Morgan fingerprint density at radius 2 is 1.74 bits per heavy atom. The summed E-state index contributed by atoms with van der Waals surface area (Å²) < 4.78 is 5.37. The SMILES string of the molecule is CCNC(=O)COc1ccc(/C=C/C(=O)c2ccccc2)cc1. The van der Waals surface area contributed by atoms with Gasteiger partial charge in [0.15, 0.2) is 12.4 Å². The Balaban J connectivity index is 1.91. The van der Waals surface area contributed by atoms with Crippen LogP contribution in [0.4, 0.5) is 0 Å². The van der Waals surface area contributed by atoms with Crippen molar-refractivity contribution >= 4 is 17.8 Å². The standard InChI is InChI=1S/C19H19NO3/c1-2-20-19(22)14-23-17-11-8-15(9-12-17)10-13-18(21)16-6-4-3-5-7-16/h3-13H,2,14H2,1H3,(H,20,22)/b13-10+. The fourth-order valence-corrected chi connectivity index (χ4v) is 1.94. The Labute approximate surface area is 135 Å². The van der Waals surface area contributed by atoms with Crippen molar-refractivity contribution in [3.05, 3.63) is 71.8 Å². The number of carbonyl (C=O) groups is 2. The average Bonchev–Trinajstić information content (AvgIpc) is 2.60. The lowest BCUT2D eigenvalue weighted by molar-refractivity contribution is -0.122. The minimum atomic E-state index is -0.148. The number of likely N-dealkylation sites (N-methyl/N-ethyl adjacent to an activating group) is 1. The summed E-state index contributed by atoms with van der Waals surface area (Å²) in [5.74, 6) is 0.426. The number of rotatable bonds is 7. The molecule has 0 saturated carbocycles. The van der Waals surface area contributed by atoms with E-state index in [1.165, 1.54) is 0 Å². The molecule has 1 amide bonds. The van der Waals surface area contributed by atoms with Gasteiger partial charge in [0, 0.05) is 12.1 Å². The molecular formula is C19H19NO3. The van der Waals surface area contributed by atoms with E-state index in [0.717, 1.165) is 5.56 Å². The lowest BCUT2D eigenvalue weighted by Crippen LogP contribution is -2.28. The molecule has 0 aliphatic rings. The lowest BCUT2D eigenvalue weighted by atomic mass is 10.1. The highest BCUT2D eigenvalue weighted by Crippen LogP contribution is 2.13. The molecule has 0 aromatic heterocycles. The normalized spacial score (nSPS) is 10.5. The van der Waals surface area contributed by atoms with Gasteiger partial charge in [-0.15, -0.1) is 0 Å². The Hall–Kier alpha value is -2.88. The van der Waals surface area contributed by atoms with E-state index in [1.807, 2.05) is 37.3 Å². The third kappa shape index (κ3) is 5.43. The topological polar surface area (TPSA) is 55.4 Å². The summed E-state index contributed by atoms with van der Waals surface area (Å²) in [5.41, 5.74) is 1.55. The number of hydrogen-bond donors (Lipinski definition) is 1. The van der Waals surface area contributed by atoms with Crippen molar-refractivity contribution in [2.75, 3.05) is 13.2 Å². The van der Waals surface area contributed by atoms with Crippen molar-refractivity contribution in [1.29, 1.82) is 0 Å². The molecule has 4 nitrogen and oxygen atoms in total. The third-order valence-corrected chi connectivity index (χ3v) is 3.11. The van der Waals surface area contributed by atoms with Crippen LogP contribution in [0.2, 0.25) is 0 Å². The van der Waals surface area contributed by atoms with E-state index in [-0.39, 0.29) is 18.3 Å². The van der Waals surface area contributed by atoms with Gasteiger partial charge in [0.05, 0.1) is 0 Å². The van der Waals surface area contributed by atoms with Gasteiger partial charge in [0.2, 0.25) is 0 Å². The molecule has 0 unspecified atom stereocenters. The zero-order valence-electron chi connectivity index (χ0n) is 13.0. The highest BCUT2D eigenvalue weighted by molar-refractivity contribution is 6.06. The molecule has 0 spiro atoms. The van der Waals surface area contributed by atoms with E-state index in [9.17, 15) is 9.59 Å². The van der Waals surface area contributed by atoms with Crippen LogP contribution in [0.15, 0.2) is 60.7 Å². The second kappa shape index (κ2) is 8.54. The predicted octanol–water partition coefficient (Wildman–Crippen LogP) is 3.10. The second-order valence-corrected chi connectivity index (χ2v) is 4.87. The smallest absolute Gasteiger partial charge is 0.257 e.